The molecule has 24 heavy (non-hydrogen) atoms. The number of benzene rings is 1. The van der Waals surface area contributed by atoms with Crippen molar-refractivity contribution in [3.63, 3.8) is 0 Å². The quantitative estimate of drug-likeness (QED) is 0.642. The van der Waals surface area contributed by atoms with Gasteiger partial charge in [-0.3, -0.25) is 4.99 Å². The van der Waals surface area contributed by atoms with Crippen LogP contribution in [0, 0.1) is 5.41 Å². The number of aliphatic imine (C=N–C) groups is 1. The van der Waals surface area contributed by atoms with Crippen molar-refractivity contribution in [2.75, 3.05) is 26.7 Å². The fourth-order valence-electron chi connectivity index (χ4n) is 3.01. The van der Waals surface area contributed by atoms with Crippen molar-refractivity contribution in [2.45, 2.75) is 46.6 Å². The van der Waals surface area contributed by atoms with E-state index in [4.69, 9.17) is 9.73 Å². The fraction of sp³-hybridized carbons (Fsp3) is 0.632. The van der Waals surface area contributed by atoms with Crippen molar-refractivity contribution < 1.29 is 9.84 Å². The number of likely N-dealkylation sites (tertiary alicyclic amines) is 1. The topological polar surface area (TPSA) is 57.1 Å². The Hall–Kier alpha value is -1.91. The molecule has 2 N–H and O–H groups in total. The standard InChI is InChI=1S/C19H31N3O2/c1-7-20-17(22-13-18(2,3)19(22,4)5)21-12-11-14-9-8-10-15(24-6)16(14)23/h8-10,23H,7,11-13H2,1-6H3,(H,20,21). The molecule has 5 heteroatoms. The van der Waals surface area contributed by atoms with E-state index in [-0.39, 0.29) is 16.7 Å². The molecule has 1 fully saturated rings. The van der Waals surface area contributed by atoms with Gasteiger partial charge in [0.25, 0.3) is 0 Å². The number of methoxy groups -OCH3 is 1. The number of ether oxygens (including phenoxy) is 1. The Morgan fingerprint density at radius 1 is 1.33 bits per heavy atom. The highest BCUT2D eigenvalue weighted by Crippen LogP contribution is 2.46. The lowest BCUT2D eigenvalue weighted by molar-refractivity contribution is -0.0667. The van der Waals surface area contributed by atoms with Crippen LogP contribution in [0.3, 0.4) is 0 Å². The van der Waals surface area contributed by atoms with Crippen LogP contribution in [-0.2, 0) is 6.42 Å². The van der Waals surface area contributed by atoms with Crippen molar-refractivity contribution in [3.8, 4) is 11.5 Å². The Labute approximate surface area is 145 Å². The molecule has 134 valence electrons. The average molecular weight is 333 g/mol. The lowest BCUT2D eigenvalue weighted by Gasteiger charge is -2.62. The predicted molar refractivity (Wildman–Crippen MR) is 98.9 cm³/mol. The number of para-hydroxylation sites is 1. The zero-order valence-corrected chi connectivity index (χ0v) is 15.8. The molecule has 5 nitrogen and oxygen atoms in total. The third-order valence-corrected chi connectivity index (χ3v) is 5.42. The van der Waals surface area contributed by atoms with Gasteiger partial charge in [-0.1, -0.05) is 26.0 Å². The van der Waals surface area contributed by atoms with Gasteiger partial charge in [0.15, 0.2) is 17.5 Å². The monoisotopic (exact) mass is 333 g/mol. The van der Waals surface area contributed by atoms with Gasteiger partial charge in [-0.05, 0) is 38.8 Å². The zero-order valence-electron chi connectivity index (χ0n) is 15.8. The summed E-state index contributed by atoms with van der Waals surface area (Å²) in [5.41, 5.74) is 1.21. The van der Waals surface area contributed by atoms with Crippen LogP contribution < -0.4 is 10.1 Å². The highest BCUT2D eigenvalue weighted by atomic mass is 16.5. The van der Waals surface area contributed by atoms with Crippen molar-refractivity contribution >= 4 is 5.96 Å². The van der Waals surface area contributed by atoms with Crippen LogP contribution in [0.1, 0.15) is 40.2 Å². The van der Waals surface area contributed by atoms with Crippen LogP contribution >= 0.6 is 0 Å². The SMILES string of the molecule is CCNC(=NCCc1cccc(OC)c1O)N1CC(C)(C)C1(C)C. The molecular weight excluding hydrogens is 302 g/mol. The molecule has 0 amide bonds. The molecule has 0 saturated carbocycles. The number of nitrogens with zero attached hydrogens (tertiary/aromatic N) is 2. The third kappa shape index (κ3) is 3.30. The number of phenolic OH excluding ortho intramolecular Hbond substituents is 1. The van der Waals surface area contributed by atoms with Crippen molar-refractivity contribution in [2.24, 2.45) is 10.4 Å². The minimum atomic E-state index is 0.0755. The predicted octanol–water partition coefficient (Wildman–Crippen LogP) is 3.03. The summed E-state index contributed by atoms with van der Waals surface area (Å²) < 4.78 is 5.16. The average Bonchev–Trinajstić information content (AvgIpc) is 2.53. The first-order chi connectivity index (χ1) is 11.2. The highest BCUT2D eigenvalue weighted by molar-refractivity contribution is 5.82. The molecule has 2 rings (SSSR count). The van der Waals surface area contributed by atoms with E-state index in [9.17, 15) is 5.11 Å². The van der Waals surface area contributed by atoms with Gasteiger partial charge in [0.1, 0.15) is 0 Å². The molecule has 0 aromatic heterocycles. The van der Waals surface area contributed by atoms with E-state index in [2.05, 4.69) is 44.8 Å². The van der Waals surface area contributed by atoms with Crippen LogP contribution in [0.4, 0.5) is 0 Å². The number of nitrogens with one attached hydrogen (secondary N) is 1. The second kappa shape index (κ2) is 6.91. The molecule has 0 radical (unpaired) electrons. The molecule has 0 spiro atoms. The lowest BCUT2D eigenvalue weighted by atomic mass is 9.65. The Kier molecular flexibility index (Phi) is 5.31. The van der Waals surface area contributed by atoms with Crippen LogP contribution in [0.5, 0.6) is 11.5 Å². The number of hydrogen-bond acceptors (Lipinski definition) is 3. The van der Waals surface area contributed by atoms with E-state index in [1.54, 1.807) is 13.2 Å². The van der Waals surface area contributed by atoms with Crippen LogP contribution in [0.2, 0.25) is 0 Å². The summed E-state index contributed by atoms with van der Waals surface area (Å²) in [6.07, 6.45) is 0.676. The first-order valence-corrected chi connectivity index (χ1v) is 8.65. The van der Waals surface area contributed by atoms with E-state index in [1.165, 1.54) is 0 Å². The maximum absolute atomic E-state index is 10.2. The van der Waals surface area contributed by atoms with E-state index in [0.29, 0.717) is 18.7 Å². The second-order valence-corrected chi connectivity index (χ2v) is 7.48. The molecule has 1 aliphatic heterocycles. The number of aromatic hydroxyl groups is 1. The highest BCUT2D eigenvalue weighted by Gasteiger charge is 2.53. The molecule has 0 bridgehead atoms. The normalized spacial score (nSPS) is 18.9. The van der Waals surface area contributed by atoms with Gasteiger partial charge in [-0.2, -0.15) is 0 Å². The molecule has 0 atom stereocenters. The minimum Gasteiger partial charge on any atom is -0.504 e. The maximum atomic E-state index is 10.2. The first kappa shape index (κ1) is 18.4. The number of rotatable bonds is 5. The molecule has 1 heterocycles. The van der Waals surface area contributed by atoms with Gasteiger partial charge < -0.3 is 20.1 Å². The van der Waals surface area contributed by atoms with Gasteiger partial charge in [0.05, 0.1) is 7.11 Å². The fourth-order valence-corrected chi connectivity index (χ4v) is 3.01. The molecule has 1 aromatic rings. The molecule has 0 aliphatic carbocycles. The zero-order chi connectivity index (χ0) is 18.0. The number of hydrogen-bond donors (Lipinski definition) is 2. The molecule has 1 aliphatic rings. The molecular formula is C19H31N3O2. The summed E-state index contributed by atoms with van der Waals surface area (Å²) in [7, 11) is 1.56. The Morgan fingerprint density at radius 2 is 2.04 bits per heavy atom. The Balaban J connectivity index is 2.08. The Bertz CT molecular complexity index is 609. The molecule has 1 saturated heterocycles. The van der Waals surface area contributed by atoms with E-state index >= 15 is 0 Å². The summed E-state index contributed by atoms with van der Waals surface area (Å²) in [5.74, 6) is 1.67. The van der Waals surface area contributed by atoms with Gasteiger partial charge in [0.2, 0.25) is 0 Å². The van der Waals surface area contributed by atoms with Gasteiger partial charge in [0, 0.05) is 30.6 Å². The summed E-state index contributed by atoms with van der Waals surface area (Å²) in [5, 5.41) is 13.6. The summed E-state index contributed by atoms with van der Waals surface area (Å²) in [6, 6.07) is 5.57. The lowest BCUT2D eigenvalue weighted by Crippen LogP contribution is -2.72. The van der Waals surface area contributed by atoms with Crippen LogP contribution in [0.25, 0.3) is 0 Å². The summed E-state index contributed by atoms with van der Waals surface area (Å²) in [4.78, 5) is 7.10. The van der Waals surface area contributed by atoms with Gasteiger partial charge in [-0.25, -0.2) is 0 Å². The molecule has 1 aromatic carbocycles. The summed E-state index contributed by atoms with van der Waals surface area (Å²) in [6.45, 7) is 13.7. The number of guanidine groups is 1. The Morgan fingerprint density at radius 3 is 2.58 bits per heavy atom. The van der Waals surface area contributed by atoms with Gasteiger partial charge in [-0.15, -0.1) is 0 Å². The number of phenols is 1. The van der Waals surface area contributed by atoms with Crippen LogP contribution in [-0.4, -0.2) is 48.2 Å². The molecule has 0 unspecified atom stereocenters. The largest absolute Gasteiger partial charge is 0.504 e. The van der Waals surface area contributed by atoms with E-state index in [0.717, 1.165) is 24.6 Å². The van der Waals surface area contributed by atoms with Crippen molar-refractivity contribution in [3.05, 3.63) is 23.8 Å². The maximum Gasteiger partial charge on any atom is 0.194 e. The van der Waals surface area contributed by atoms with E-state index < -0.39 is 0 Å². The first-order valence-electron chi connectivity index (χ1n) is 8.65. The van der Waals surface area contributed by atoms with Gasteiger partial charge >= 0.3 is 0 Å². The van der Waals surface area contributed by atoms with Crippen LogP contribution in [0.15, 0.2) is 23.2 Å². The third-order valence-electron chi connectivity index (χ3n) is 5.42. The van der Waals surface area contributed by atoms with Crippen molar-refractivity contribution in [1.82, 2.24) is 10.2 Å². The van der Waals surface area contributed by atoms with E-state index in [1.807, 2.05) is 12.1 Å². The van der Waals surface area contributed by atoms with Crippen molar-refractivity contribution in [1.29, 1.82) is 0 Å². The summed E-state index contributed by atoms with van der Waals surface area (Å²) >= 11 is 0. The minimum absolute atomic E-state index is 0.0755. The smallest absolute Gasteiger partial charge is 0.194 e. The second-order valence-electron chi connectivity index (χ2n) is 7.48.